The van der Waals surface area contributed by atoms with Crippen molar-refractivity contribution in [2.24, 2.45) is 0 Å². The molecule has 0 aliphatic heterocycles. The Hall–Kier alpha value is -1.67. The predicted octanol–water partition coefficient (Wildman–Crippen LogP) is 4.34. The molecule has 1 N–H and O–H groups in total. The second-order valence-electron chi connectivity index (χ2n) is 5.59. The smallest absolute Gasteiger partial charge is 0.123 e. The maximum Gasteiger partial charge on any atom is 0.123 e. The van der Waals surface area contributed by atoms with Crippen LogP contribution in [0.15, 0.2) is 30.3 Å². The summed E-state index contributed by atoms with van der Waals surface area (Å²) in [5.74, 6) is -0.248. The monoisotopic (exact) mass is 272 g/mol. The molecule has 0 radical (unpaired) electrons. The van der Waals surface area contributed by atoms with E-state index < -0.39 is 6.10 Å². The van der Waals surface area contributed by atoms with Gasteiger partial charge in [0.1, 0.15) is 5.82 Å². The first kappa shape index (κ1) is 14.7. The van der Waals surface area contributed by atoms with Crippen LogP contribution in [0.4, 0.5) is 4.39 Å². The van der Waals surface area contributed by atoms with Crippen LogP contribution >= 0.6 is 0 Å². The standard InChI is InChI=1S/C18H21FO/c1-11-5-6-15(7-12(11)2)10-17(20)18-13(3)8-16(19)9-14(18)4/h5-9,17,20H,10H2,1-4H3. The Labute approximate surface area is 120 Å². The lowest BCUT2D eigenvalue weighted by Crippen LogP contribution is -2.07. The Balaban J connectivity index is 2.28. The summed E-state index contributed by atoms with van der Waals surface area (Å²) in [4.78, 5) is 0. The summed E-state index contributed by atoms with van der Waals surface area (Å²) in [5.41, 5.74) is 6.02. The molecule has 1 nitrogen and oxygen atoms in total. The van der Waals surface area contributed by atoms with Crippen LogP contribution < -0.4 is 0 Å². The number of halogens is 1. The van der Waals surface area contributed by atoms with Crippen molar-refractivity contribution in [2.75, 3.05) is 0 Å². The first-order valence-electron chi connectivity index (χ1n) is 6.89. The molecule has 0 spiro atoms. The zero-order valence-corrected chi connectivity index (χ0v) is 12.5. The maximum atomic E-state index is 13.3. The minimum absolute atomic E-state index is 0.248. The average molecular weight is 272 g/mol. The molecule has 0 aliphatic rings. The highest BCUT2D eigenvalue weighted by atomic mass is 19.1. The van der Waals surface area contributed by atoms with Gasteiger partial charge in [-0.1, -0.05) is 18.2 Å². The molecule has 0 aliphatic carbocycles. The van der Waals surface area contributed by atoms with Crippen molar-refractivity contribution in [1.82, 2.24) is 0 Å². The van der Waals surface area contributed by atoms with Gasteiger partial charge in [0.2, 0.25) is 0 Å². The molecule has 1 atom stereocenters. The maximum absolute atomic E-state index is 13.3. The van der Waals surface area contributed by atoms with Gasteiger partial charge in [-0.15, -0.1) is 0 Å². The van der Waals surface area contributed by atoms with Crippen LogP contribution in [-0.2, 0) is 6.42 Å². The Morgan fingerprint density at radius 2 is 1.50 bits per heavy atom. The second kappa shape index (κ2) is 5.76. The average Bonchev–Trinajstić information content (AvgIpc) is 2.32. The van der Waals surface area contributed by atoms with E-state index in [4.69, 9.17) is 0 Å². The lowest BCUT2D eigenvalue weighted by Gasteiger charge is -2.17. The van der Waals surface area contributed by atoms with Crippen molar-refractivity contribution in [2.45, 2.75) is 40.2 Å². The molecule has 0 bridgehead atoms. The van der Waals surface area contributed by atoms with E-state index in [1.54, 1.807) is 0 Å². The quantitative estimate of drug-likeness (QED) is 0.881. The molecule has 1 unspecified atom stereocenters. The molecule has 0 amide bonds. The van der Waals surface area contributed by atoms with Crippen LogP contribution in [0.2, 0.25) is 0 Å². The first-order chi connectivity index (χ1) is 9.38. The van der Waals surface area contributed by atoms with Gasteiger partial charge in [-0.3, -0.25) is 0 Å². The molecule has 0 saturated carbocycles. The number of hydrogen-bond donors (Lipinski definition) is 1. The molecule has 2 rings (SSSR count). The minimum atomic E-state index is -0.599. The van der Waals surface area contributed by atoms with Gasteiger partial charge in [0.15, 0.2) is 0 Å². The van der Waals surface area contributed by atoms with E-state index in [1.165, 1.54) is 23.3 Å². The zero-order chi connectivity index (χ0) is 14.9. The number of aliphatic hydroxyl groups excluding tert-OH is 1. The van der Waals surface area contributed by atoms with Gasteiger partial charge in [-0.2, -0.15) is 0 Å². The van der Waals surface area contributed by atoms with Gasteiger partial charge in [0.25, 0.3) is 0 Å². The summed E-state index contributed by atoms with van der Waals surface area (Å²) in [7, 11) is 0. The van der Waals surface area contributed by atoms with E-state index in [1.807, 2.05) is 19.9 Å². The van der Waals surface area contributed by atoms with E-state index in [9.17, 15) is 9.50 Å². The SMILES string of the molecule is Cc1ccc(CC(O)c2c(C)cc(F)cc2C)cc1C. The highest BCUT2D eigenvalue weighted by Crippen LogP contribution is 2.26. The number of aryl methyl sites for hydroxylation is 4. The van der Waals surface area contributed by atoms with Crippen LogP contribution in [0.5, 0.6) is 0 Å². The third-order valence-electron chi connectivity index (χ3n) is 3.89. The van der Waals surface area contributed by atoms with E-state index in [0.717, 1.165) is 22.3 Å². The summed E-state index contributed by atoms with van der Waals surface area (Å²) in [6, 6.07) is 9.17. The van der Waals surface area contributed by atoms with Gasteiger partial charge < -0.3 is 5.11 Å². The van der Waals surface area contributed by atoms with Crippen LogP contribution in [0, 0.1) is 33.5 Å². The van der Waals surface area contributed by atoms with Crippen LogP contribution in [0.1, 0.15) is 39.5 Å². The number of aliphatic hydroxyl groups is 1. The Bertz CT molecular complexity index is 608. The molecule has 2 aromatic rings. The molecule has 0 fully saturated rings. The van der Waals surface area contributed by atoms with Crippen molar-refractivity contribution in [3.8, 4) is 0 Å². The topological polar surface area (TPSA) is 20.2 Å². The fourth-order valence-electron chi connectivity index (χ4n) is 2.70. The van der Waals surface area contributed by atoms with Gasteiger partial charge in [0.05, 0.1) is 6.10 Å². The van der Waals surface area contributed by atoms with Gasteiger partial charge in [-0.05, 0) is 73.2 Å². The molecular weight excluding hydrogens is 251 g/mol. The lowest BCUT2D eigenvalue weighted by molar-refractivity contribution is 0.177. The van der Waals surface area contributed by atoms with Crippen molar-refractivity contribution in [3.05, 3.63) is 69.5 Å². The summed E-state index contributed by atoms with van der Waals surface area (Å²) < 4.78 is 13.3. The van der Waals surface area contributed by atoms with Crippen LogP contribution in [0.3, 0.4) is 0 Å². The first-order valence-corrected chi connectivity index (χ1v) is 6.89. The Morgan fingerprint density at radius 1 is 0.900 bits per heavy atom. The summed E-state index contributed by atoms with van der Waals surface area (Å²) >= 11 is 0. The largest absolute Gasteiger partial charge is 0.388 e. The Kier molecular flexibility index (Phi) is 4.24. The van der Waals surface area contributed by atoms with E-state index >= 15 is 0 Å². The lowest BCUT2D eigenvalue weighted by atomic mass is 9.93. The van der Waals surface area contributed by atoms with Crippen LogP contribution in [-0.4, -0.2) is 5.11 Å². The predicted molar refractivity (Wildman–Crippen MR) is 80.5 cm³/mol. The number of benzene rings is 2. The molecular formula is C18H21FO. The molecule has 20 heavy (non-hydrogen) atoms. The van der Waals surface area contributed by atoms with Gasteiger partial charge >= 0.3 is 0 Å². The molecule has 2 aromatic carbocycles. The van der Waals surface area contributed by atoms with Gasteiger partial charge in [0, 0.05) is 6.42 Å². The molecule has 106 valence electrons. The van der Waals surface area contributed by atoms with Crippen molar-refractivity contribution >= 4 is 0 Å². The van der Waals surface area contributed by atoms with E-state index in [-0.39, 0.29) is 5.82 Å². The van der Waals surface area contributed by atoms with E-state index in [0.29, 0.717) is 6.42 Å². The Morgan fingerprint density at radius 3 is 2.05 bits per heavy atom. The number of hydrogen-bond acceptors (Lipinski definition) is 1. The zero-order valence-electron chi connectivity index (χ0n) is 12.5. The normalized spacial score (nSPS) is 12.5. The molecule has 0 heterocycles. The van der Waals surface area contributed by atoms with E-state index in [2.05, 4.69) is 26.0 Å². The summed E-state index contributed by atoms with van der Waals surface area (Å²) in [6.07, 6.45) is -0.0493. The van der Waals surface area contributed by atoms with Gasteiger partial charge in [-0.25, -0.2) is 4.39 Å². The second-order valence-corrected chi connectivity index (χ2v) is 5.59. The third-order valence-corrected chi connectivity index (χ3v) is 3.89. The number of rotatable bonds is 3. The molecule has 0 aromatic heterocycles. The van der Waals surface area contributed by atoms with Crippen molar-refractivity contribution in [1.29, 1.82) is 0 Å². The highest BCUT2D eigenvalue weighted by molar-refractivity contribution is 5.38. The van der Waals surface area contributed by atoms with Crippen LogP contribution in [0.25, 0.3) is 0 Å². The third kappa shape index (κ3) is 3.07. The fourth-order valence-corrected chi connectivity index (χ4v) is 2.70. The molecule has 0 saturated heterocycles. The summed E-state index contributed by atoms with van der Waals surface area (Å²) in [6.45, 7) is 7.83. The molecule has 2 heteroatoms. The highest BCUT2D eigenvalue weighted by Gasteiger charge is 2.15. The fraction of sp³-hybridized carbons (Fsp3) is 0.333. The minimum Gasteiger partial charge on any atom is -0.388 e. The summed E-state index contributed by atoms with van der Waals surface area (Å²) in [5, 5.41) is 10.5. The van der Waals surface area contributed by atoms with Crippen molar-refractivity contribution < 1.29 is 9.50 Å². The van der Waals surface area contributed by atoms with Crippen molar-refractivity contribution in [3.63, 3.8) is 0 Å².